The number of methoxy groups -OCH3 is 1. The number of aryl methyl sites for hydroxylation is 2. The van der Waals surface area contributed by atoms with E-state index in [0.717, 1.165) is 16.9 Å². The molecule has 1 aromatic heterocycles. The van der Waals surface area contributed by atoms with Crippen LogP contribution in [0.4, 0.5) is 5.69 Å². The van der Waals surface area contributed by atoms with E-state index < -0.39 is 0 Å². The smallest absolute Gasteiger partial charge is 0.227 e. The van der Waals surface area contributed by atoms with Crippen molar-refractivity contribution in [2.24, 2.45) is 13.0 Å². The zero-order valence-corrected chi connectivity index (χ0v) is 14.7. The molecule has 0 bridgehead atoms. The van der Waals surface area contributed by atoms with Crippen LogP contribution in [0.1, 0.15) is 17.7 Å². The van der Waals surface area contributed by atoms with Crippen LogP contribution in [0.5, 0.6) is 5.75 Å². The summed E-state index contributed by atoms with van der Waals surface area (Å²) in [6.07, 6.45) is 1.89. The van der Waals surface area contributed by atoms with Crippen molar-refractivity contribution in [2.45, 2.75) is 19.9 Å². The van der Waals surface area contributed by atoms with E-state index in [-0.39, 0.29) is 24.2 Å². The first-order chi connectivity index (χ1) is 12.0. The zero-order chi connectivity index (χ0) is 18.0. The minimum absolute atomic E-state index is 0.0652. The Morgan fingerprint density at radius 2 is 2.20 bits per heavy atom. The minimum atomic E-state index is -0.369. The van der Waals surface area contributed by atoms with Crippen LogP contribution in [0, 0.1) is 12.8 Å². The maximum Gasteiger partial charge on any atom is 0.227 e. The number of amides is 2. The first-order valence-electron chi connectivity index (χ1n) is 8.19. The van der Waals surface area contributed by atoms with Gasteiger partial charge < -0.3 is 15.0 Å². The summed E-state index contributed by atoms with van der Waals surface area (Å²) in [5.74, 6) is 0.0779. The third-order valence-corrected chi connectivity index (χ3v) is 4.49. The van der Waals surface area contributed by atoms with E-state index in [1.54, 1.807) is 22.9 Å². The standard InChI is InChI=1S/C18H22N4O3/c1-12-4-5-16(25-3)15(8-12)22-11-13(9-17(22)23)18(24)19-10-14-6-7-20-21(14)2/h4-8,13H,9-11H2,1-3H3,(H,19,24). The summed E-state index contributed by atoms with van der Waals surface area (Å²) in [4.78, 5) is 26.5. The number of carbonyl (C=O) groups excluding carboxylic acids is 2. The molecule has 7 heteroatoms. The molecule has 1 aliphatic rings. The van der Waals surface area contributed by atoms with Gasteiger partial charge >= 0.3 is 0 Å². The van der Waals surface area contributed by atoms with Gasteiger partial charge in [-0.25, -0.2) is 0 Å². The molecular weight excluding hydrogens is 320 g/mol. The number of nitrogens with one attached hydrogen (secondary N) is 1. The van der Waals surface area contributed by atoms with E-state index in [1.807, 2.05) is 38.2 Å². The third kappa shape index (κ3) is 3.50. The summed E-state index contributed by atoms with van der Waals surface area (Å²) in [7, 11) is 3.40. The molecule has 7 nitrogen and oxygen atoms in total. The highest BCUT2D eigenvalue weighted by Gasteiger charge is 2.36. The van der Waals surface area contributed by atoms with E-state index in [1.165, 1.54) is 0 Å². The molecule has 1 aromatic carbocycles. The summed E-state index contributed by atoms with van der Waals surface area (Å²) in [6, 6.07) is 7.53. The fourth-order valence-electron chi connectivity index (χ4n) is 3.02. The van der Waals surface area contributed by atoms with E-state index in [0.29, 0.717) is 18.8 Å². The van der Waals surface area contributed by atoms with Gasteiger partial charge in [0.1, 0.15) is 5.75 Å². The number of rotatable bonds is 5. The Balaban J connectivity index is 1.69. The number of anilines is 1. The van der Waals surface area contributed by atoms with Crippen LogP contribution in [-0.2, 0) is 23.2 Å². The molecule has 0 saturated carbocycles. The van der Waals surface area contributed by atoms with Crippen molar-refractivity contribution >= 4 is 17.5 Å². The lowest BCUT2D eigenvalue weighted by Crippen LogP contribution is -2.33. The quantitative estimate of drug-likeness (QED) is 0.891. The molecule has 25 heavy (non-hydrogen) atoms. The molecular formula is C18H22N4O3. The molecule has 132 valence electrons. The van der Waals surface area contributed by atoms with Crippen molar-refractivity contribution in [3.63, 3.8) is 0 Å². The monoisotopic (exact) mass is 342 g/mol. The van der Waals surface area contributed by atoms with Crippen LogP contribution in [0.15, 0.2) is 30.5 Å². The molecule has 0 spiro atoms. The van der Waals surface area contributed by atoms with E-state index >= 15 is 0 Å². The number of benzene rings is 1. The Kier molecular flexibility index (Phi) is 4.74. The lowest BCUT2D eigenvalue weighted by Gasteiger charge is -2.20. The summed E-state index contributed by atoms with van der Waals surface area (Å²) in [6.45, 7) is 2.71. The van der Waals surface area contributed by atoms with Crippen molar-refractivity contribution < 1.29 is 14.3 Å². The second-order valence-corrected chi connectivity index (χ2v) is 6.24. The van der Waals surface area contributed by atoms with Crippen LogP contribution in [-0.4, -0.2) is 35.2 Å². The molecule has 1 atom stereocenters. The van der Waals surface area contributed by atoms with Gasteiger partial charge in [0.2, 0.25) is 11.8 Å². The van der Waals surface area contributed by atoms with Crippen LogP contribution in [0.25, 0.3) is 0 Å². The van der Waals surface area contributed by atoms with Gasteiger partial charge in [0.15, 0.2) is 0 Å². The SMILES string of the molecule is COc1ccc(C)cc1N1CC(C(=O)NCc2ccnn2C)CC1=O. The van der Waals surface area contributed by atoms with Crippen LogP contribution >= 0.6 is 0 Å². The lowest BCUT2D eigenvalue weighted by atomic mass is 10.1. The Labute approximate surface area is 146 Å². The van der Waals surface area contributed by atoms with Gasteiger partial charge in [-0.2, -0.15) is 5.10 Å². The van der Waals surface area contributed by atoms with Crippen LogP contribution in [0.3, 0.4) is 0 Å². The van der Waals surface area contributed by atoms with Crippen molar-refractivity contribution in [2.75, 3.05) is 18.6 Å². The molecule has 1 unspecified atom stereocenters. The van der Waals surface area contributed by atoms with Crippen molar-refractivity contribution in [1.82, 2.24) is 15.1 Å². The minimum Gasteiger partial charge on any atom is -0.495 e. The Bertz CT molecular complexity index is 799. The first-order valence-corrected chi connectivity index (χ1v) is 8.19. The average Bonchev–Trinajstić information content (AvgIpc) is 3.18. The predicted octanol–water partition coefficient (Wildman–Crippen LogP) is 1.41. The average molecular weight is 342 g/mol. The first kappa shape index (κ1) is 17.0. The summed E-state index contributed by atoms with van der Waals surface area (Å²) in [5, 5.41) is 6.96. The van der Waals surface area contributed by atoms with Crippen molar-refractivity contribution in [3.8, 4) is 5.75 Å². The van der Waals surface area contributed by atoms with Crippen LogP contribution in [0.2, 0.25) is 0 Å². The van der Waals surface area contributed by atoms with Crippen molar-refractivity contribution in [3.05, 3.63) is 41.7 Å². The number of carbonyl (C=O) groups is 2. The summed E-state index contributed by atoms with van der Waals surface area (Å²) in [5.41, 5.74) is 2.66. The number of nitrogens with zero attached hydrogens (tertiary/aromatic N) is 3. The van der Waals surface area contributed by atoms with Gasteiger partial charge in [0.25, 0.3) is 0 Å². The summed E-state index contributed by atoms with van der Waals surface area (Å²) >= 11 is 0. The van der Waals surface area contributed by atoms with E-state index in [9.17, 15) is 9.59 Å². The van der Waals surface area contributed by atoms with Crippen molar-refractivity contribution in [1.29, 1.82) is 0 Å². The zero-order valence-electron chi connectivity index (χ0n) is 14.7. The van der Waals surface area contributed by atoms with Crippen LogP contribution < -0.4 is 15.0 Å². The Hall–Kier alpha value is -2.83. The maximum absolute atomic E-state index is 12.4. The molecule has 0 aliphatic carbocycles. The van der Waals surface area contributed by atoms with Gasteiger partial charge in [0, 0.05) is 26.2 Å². The van der Waals surface area contributed by atoms with Gasteiger partial charge in [-0.05, 0) is 30.7 Å². The second-order valence-electron chi connectivity index (χ2n) is 6.24. The normalized spacial score (nSPS) is 17.0. The molecule has 1 fully saturated rings. The third-order valence-electron chi connectivity index (χ3n) is 4.49. The van der Waals surface area contributed by atoms with E-state index in [2.05, 4.69) is 10.4 Å². The molecule has 1 aliphatic heterocycles. The Morgan fingerprint density at radius 3 is 2.88 bits per heavy atom. The molecule has 2 heterocycles. The number of hydrogen-bond donors (Lipinski definition) is 1. The molecule has 2 amide bonds. The molecule has 1 N–H and O–H groups in total. The van der Waals surface area contributed by atoms with E-state index in [4.69, 9.17) is 4.74 Å². The molecule has 1 saturated heterocycles. The second kappa shape index (κ2) is 6.96. The highest BCUT2D eigenvalue weighted by atomic mass is 16.5. The number of hydrogen-bond acceptors (Lipinski definition) is 4. The van der Waals surface area contributed by atoms with Gasteiger partial charge in [-0.15, -0.1) is 0 Å². The molecule has 2 aromatic rings. The Morgan fingerprint density at radius 1 is 1.40 bits per heavy atom. The number of ether oxygens (including phenoxy) is 1. The molecule has 3 rings (SSSR count). The topological polar surface area (TPSA) is 76.5 Å². The maximum atomic E-state index is 12.4. The molecule has 0 radical (unpaired) electrons. The van der Waals surface area contributed by atoms with Gasteiger partial charge in [0.05, 0.1) is 31.0 Å². The lowest BCUT2D eigenvalue weighted by molar-refractivity contribution is -0.126. The fraction of sp³-hybridized carbons (Fsp3) is 0.389. The largest absolute Gasteiger partial charge is 0.495 e. The highest BCUT2D eigenvalue weighted by molar-refractivity contribution is 6.01. The fourth-order valence-corrected chi connectivity index (χ4v) is 3.02. The van der Waals surface area contributed by atoms with Gasteiger partial charge in [-0.3, -0.25) is 14.3 Å². The number of aromatic nitrogens is 2. The van der Waals surface area contributed by atoms with Gasteiger partial charge in [-0.1, -0.05) is 6.07 Å². The highest BCUT2D eigenvalue weighted by Crippen LogP contribution is 2.33. The summed E-state index contributed by atoms with van der Waals surface area (Å²) < 4.78 is 7.07. The predicted molar refractivity (Wildman–Crippen MR) is 93.2 cm³/mol.